The molecule has 686 valence electrons. The number of carbonyl (C=O) groups excluding carboxylic acids is 12. The van der Waals surface area contributed by atoms with E-state index in [1.807, 2.05) is 85.0 Å². The van der Waals surface area contributed by atoms with Gasteiger partial charge >= 0.3 is 91.1 Å². The quantitative estimate of drug-likeness (QED) is 0.0122. The molecule has 5 aliphatic heterocycles. The van der Waals surface area contributed by atoms with Gasteiger partial charge in [-0.1, -0.05) is 86.2 Å². The van der Waals surface area contributed by atoms with Gasteiger partial charge in [0.1, 0.15) is 83.3 Å². The molecule has 0 radical (unpaired) electrons. The van der Waals surface area contributed by atoms with Gasteiger partial charge in [-0.15, -0.1) is 27.6 Å². The molecule has 0 saturated carbocycles. The average Bonchev–Trinajstić information content (AvgIpc) is 1.55. The molecule has 3 aromatic heterocycles. The second-order valence-electron chi connectivity index (χ2n) is 30.8. The smallest absolute Gasteiger partial charge is 0.657 e. The fourth-order valence-corrected chi connectivity index (χ4v) is 14.9. The zero-order chi connectivity index (χ0) is 93.1. The Labute approximate surface area is 760 Å². The van der Waals surface area contributed by atoms with Crippen LogP contribution in [0.3, 0.4) is 0 Å². The number of hydrogen-bond acceptors (Lipinski definition) is 35. The normalized spacial score (nSPS) is 21.9. The summed E-state index contributed by atoms with van der Waals surface area (Å²) >= 11 is 0. The molecule has 8 heterocycles. The zero-order valence-electron chi connectivity index (χ0n) is 74.0. The molecular weight excluding hydrogens is 1770 g/mol. The van der Waals surface area contributed by atoms with E-state index in [2.05, 4.69) is 31.1 Å². The van der Waals surface area contributed by atoms with Crippen LogP contribution >= 0.6 is 0 Å². The van der Waals surface area contributed by atoms with Gasteiger partial charge in [-0.2, -0.15) is 0 Å². The molecule has 5 aliphatic rings. The van der Waals surface area contributed by atoms with E-state index in [1.165, 1.54) is 0 Å². The van der Waals surface area contributed by atoms with E-state index >= 15 is 0 Å². The molecule has 0 spiro atoms. The Balaban J connectivity index is 0.0000176. The molecule has 0 unspecified atom stereocenters. The molecule has 6 aromatic rings. The Morgan fingerprint density at radius 2 is 0.562 bits per heavy atom. The maximum absolute atomic E-state index is 12.6. The fraction of sp³-hybridized carbons (Fsp3) is 0.429. The molecule has 11 rings (SSSR count). The molecule has 0 N–H and O–H groups in total. The number of hydrogen-bond donors (Lipinski definition) is 0. The van der Waals surface area contributed by atoms with Crippen LogP contribution in [0.1, 0.15) is 111 Å². The van der Waals surface area contributed by atoms with Crippen LogP contribution in [0.5, 0.6) is 17.2 Å². The third-order valence-electron chi connectivity index (χ3n) is 19.3. The Hall–Kier alpha value is -12.5. The summed E-state index contributed by atoms with van der Waals surface area (Å²) in [6, 6.07) is 28.8. The zero-order valence-corrected chi connectivity index (χ0v) is 78.0. The SMILES string of the molecule is CC(=O)OC[C@H]1O[C@H](OCCOc2ccc(-c3c4nc(c(-c5ccc(OCCO[C@H]6O[C@H](COC(C)=O)[C@@H](OC(C)=O)[C@H](OC(C)=O)[C@@H]6OC(C)=O)cc5)c5ccc([n-]5)c(-c5ccc(OCCO[C@H]6O[C@H](COC(C)=O)[C@@H](OC(C)=O)[C@H](OC(C)=O)[C@@H]6OC(C)=O)cc5)c5nc(c(C#C[Si](C)(C)C)c6ccc3[n-]6)C=C5)C=C4)cc2)[C@@H](OC(C)=O)[C@@H](OC(C)=O)[C@@H]1OC(C)=O.[Zn+2]. The first kappa shape index (κ1) is 99.6. The number of nitrogens with zero attached hydrogens (tertiary/aromatic N) is 4. The van der Waals surface area contributed by atoms with Crippen LogP contribution in [0, 0.1) is 11.5 Å². The third-order valence-corrected chi connectivity index (χ3v) is 20.2. The second-order valence-corrected chi connectivity index (χ2v) is 35.5. The summed E-state index contributed by atoms with van der Waals surface area (Å²) in [4.78, 5) is 170. The first-order valence-electron chi connectivity index (χ1n) is 41.0. The minimum atomic E-state index is -2.12. The summed E-state index contributed by atoms with van der Waals surface area (Å²) in [5, 5.41) is 0. The molecule has 0 amide bonds. The number of fused-ring (bicyclic) bond motifs is 8. The molecule has 3 fully saturated rings. The molecule has 15 atom stereocenters. The van der Waals surface area contributed by atoms with Crippen LogP contribution in [0.4, 0.5) is 0 Å². The van der Waals surface area contributed by atoms with Crippen molar-refractivity contribution in [3.63, 3.8) is 0 Å². The molecule has 39 heteroatoms. The van der Waals surface area contributed by atoms with Crippen LogP contribution < -0.4 is 24.2 Å². The van der Waals surface area contributed by atoms with Gasteiger partial charge in [-0.25, -0.2) is 9.97 Å². The first-order chi connectivity index (χ1) is 61.4. The van der Waals surface area contributed by atoms with Crippen molar-refractivity contribution >= 4 is 126 Å². The monoisotopic (exact) mass is 1870 g/mol. The Kier molecular flexibility index (Phi) is 35.0. The average molecular weight is 1870 g/mol. The van der Waals surface area contributed by atoms with Crippen molar-refractivity contribution in [2.24, 2.45) is 0 Å². The van der Waals surface area contributed by atoms with E-state index in [4.69, 9.17) is 119 Å². The first-order valence-corrected chi connectivity index (χ1v) is 44.5. The van der Waals surface area contributed by atoms with Gasteiger partial charge in [0.2, 0.25) is 0 Å². The second kappa shape index (κ2) is 45.6. The Morgan fingerprint density at radius 1 is 0.315 bits per heavy atom. The van der Waals surface area contributed by atoms with Crippen molar-refractivity contribution in [3.8, 4) is 62.1 Å². The number of aromatic nitrogens is 4. The van der Waals surface area contributed by atoms with Gasteiger partial charge in [0.25, 0.3) is 0 Å². The van der Waals surface area contributed by atoms with Gasteiger partial charge < -0.3 is 109 Å². The van der Waals surface area contributed by atoms with Crippen LogP contribution in [-0.2, 0) is 162 Å². The summed E-state index contributed by atoms with van der Waals surface area (Å²) in [5.74, 6) is -4.69. The number of benzene rings is 3. The van der Waals surface area contributed by atoms with E-state index < -0.39 is 192 Å². The van der Waals surface area contributed by atoms with Crippen LogP contribution in [0.25, 0.3) is 79.8 Å². The standard InChI is InChI=1S/C91H98N4O33Si.Zn/c1-47(96)114-44-74-80(117-50(4)99)83(120-53(7)102)86(123-56(10)105)89(126-74)111-40-37-108-62-22-16-59(17-23-62)77-68-30-28-66(92-68)65(36-43-129(13,14)15)67-29-31-69(93-67)78(60-18-24-63(25-19-60)109-38-41-112-90-87(124-57(11)106)84(121-54(8)103)81(118-51(5)100)75(127-90)45-115-48(2)97)71-33-35-73(95-71)79(72-34-32-70(77)94-72)61-20-26-64(27-21-61)110-39-42-113-91-88(125-58(12)107)85(122-55(9)104)82(119-52(6)101)76(128-91)46-116-49(3)98;/h16-35,74-76,80-91H,37-42,44-46H2,1-15H3;/q-2;+2/t74-,75-,76-,80-,81-,82-,83+,84+,85+,86+,87+,88+,89+,90+,91+;/m1./s1. The Morgan fingerprint density at radius 3 is 0.831 bits per heavy atom. The third kappa shape index (κ3) is 27.3. The van der Waals surface area contributed by atoms with Crippen LogP contribution in [0.2, 0.25) is 19.6 Å². The predicted octanol–water partition coefficient (Wildman–Crippen LogP) is 8.58. The van der Waals surface area contributed by atoms with E-state index in [-0.39, 0.29) is 59.1 Å². The summed E-state index contributed by atoms with van der Waals surface area (Å²) in [6.07, 6.45) is -13.6. The Bertz CT molecular complexity index is 5320. The minimum Gasteiger partial charge on any atom is -0.657 e. The van der Waals surface area contributed by atoms with Gasteiger partial charge in [-0.3, -0.25) is 57.5 Å². The van der Waals surface area contributed by atoms with Crippen molar-refractivity contribution in [3.05, 3.63) is 125 Å². The van der Waals surface area contributed by atoms with Crippen molar-refractivity contribution in [1.82, 2.24) is 19.9 Å². The largest absolute Gasteiger partial charge is 2.00 e. The van der Waals surface area contributed by atoms with Crippen molar-refractivity contribution < 1.29 is 176 Å². The maximum Gasteiger partial charge on any atom is 2.00 e. The molecule has 0 aliphatic carbocycles. The molecule has 37 nitrogen and oxygen atoms in total. The topological polar surface area (TPSA) is 453 Å². The number of rotatable bonds is 33. The maximum atomic E-state index is 12.6. The summed E-state index contributed by atoms with van der Waals surface area (Å²) in [7, 11) is -2.12. The van der Waals surface area contributed by atoms with E-state index in [0.29, 0.717) is 101 Å². The van der Waals surface area contributed by atoms with E-state index in [1.54, 1.807) is 36.4 Å². The van der Waals surface area contributed by atoms with Crippen LogP contribution in [-0.4, -0.2) is 241 Å². The van der Waals surface area contributed by atoms with Gasteiger partial charge in [0.05, 0.1) is 42.6 Å². The fourth-order valence-electron chi connectivity index (χ4n) is 14.4. The van der Waals surface area contributed by atoms with E-state index in [0.717, 1.165) is 83.1 Å². The van der Waals surface area contributed by atoms with Crippen molar-refractivity contribution in [2.45, 2.75) is 195 Å². The van der Waals surface area contributed by atoms with Gasteiger partial charge in [0.15, 0.2) is 73.8 Å². The molecule has 3 aromatic carbocycles. The number of carbonyl (C=O) groups is 12. The minimum absolute atomic E-state index is 0. The number of esters is 12. The molecule has 130 heavy (non-hydrogen) atoms. The molecule has 3 saturated heterocycles. The predicted molar refractivity (Wildman–Crippen MR) is 454 cm³/mol. The van der Waals surface area contributed by atoms with Gasteiger partial charge in [0, 0.05) is 88.6 Å². The van der Waals surface area contributed by atoms with Crippen molar-refractivity contribution in [1.29, 1.82) is 0 Å². The van der Waals surface area contributed by atoms with Crippen molar-refractivity contribution in [2.75, 3.05) is 59.5 Å². The molecular formula is C91H98N4O33SiZn. The van der Waals surface area contributed by atoms with Gasteiger partial charge in [-0.05, 0) is 94.1 Å². The van der Waals surface area contributed by atoms with Crippen LogP contribution in [0.15, 0.2) is 97.1 Å². The summed E-state index contributed by atoms with van der Waals surface area (Å²) in [6.45, 7) is 17.5. The number of ether oxygens (including phenoxy) is 21. The molecule has 8 bridgehead atoms. The summed E-state index contributed by atoms with van der Waals surface area (Å²) < 4.78 is 121. The summed E-state index contributed by atoms with van der Waals surface area (Å²) in [5.41, 5.74) is 11.7. The van der Waals surface area contributed by atoms with E-state index in [9.17, 15) is 57.5 Å².